The number of pyridine rings is 1. The second-order valence-corrected chi connectivity index (χ2v) is 6.37. The molecule has 3 aromatic heterocycles. The summed E-state index contributed by atoms with van der Waals surface area (Å²) in [4.78, 5) is 9.16. The Labute approximate surface area is 143 Å². The molecular formula is C19H25N5. The van der Waals surface area contributed by atoms with Crippen molar-refractivity contribution in [3.63, 3.8) is 0 Å². The average molecular weight is 323 g/mol. The van der Waals surface area contributed by atoms with Gasteiger partial charge in [0.2, 0.25) is 5.95 Å². The molecule has 5 nitrogen and oxygen atoms in total. The number of hydrogen-bond acceptors (Lipinski definition) is 4. The highest BCUT2D eigenvalue weighted by atomic mass is 15.2. The van der Waals surface area contributed by atoms with Gasteiger partial charge in [-0.2, -0.15) is 5.10 Å². The maximum Gasteiger partial charge on any atom is 0.223 e. The molecule has 0 saturated heterocycles. The van der Waals surface area contributed by atoms with E-state index in [1.54, 1.807) is 0 Å². The largest absolute Gasteiger partial charge is 0.351 e. The Balaban J connectivity index is 2.09. The SMILES string of the molecule is CCC(CC)Nc1nccc(-c2c(C(C)C)nn3ccccc23)n1. The third-order valence-electron chi connectivity index (χ3n) is 4.34. The minimum absolute atomic E-state index is 0.324. The third-order valence-corrected chi connectivity index (χ3v) is 4.34. The van der Waals surface area contributed by atoms with E-state index in [0.717, 1.165) is 35.3 Å². The zero-order valence-corrected chi connectivity index (χ0v) is 14.8. The summed E-state index contributed by atoms with van der Waals surface area (Å²) in [5.74, 6) is 1.01. The van der Waals surface area contributed by atoms with Gasteiger partial charge in [0, 0.05) is 24.0 Å². The molecule has 0 fully saturated rings. The van der Waals surface area contributed by atoms with Crippen molar-refractivity contribution in [2.24, 2.45) is 0 Å². The van der Waals surface area contributed by atoms with Gasteiger partial charge in [-0.25, -0.2) is 14.5 Å². The lowest BCUT2D eigenvalue weighted by atomic mass is 10.0. The highest BCUT2D eigenvalue weighted by Crippen LogP contribution is 2.31. The highest BCUT2D eigenvalue weighted by Gasteiger charge is 2.18. The van der Waals surface area contributed by atoms with Crippen molar-refractivity contribution in [1.82, 2.24) is 19.6 Å². The topological polar surface area (TPSA) is 55.1 Å². The van der Waals surface area contributed by atoms with Gasteiger partial charge < -0.3 is 5.32 Å². The molecule has 126 valence electrons. The fourth-order valence-electron chi connectivity index (χ4n) is 2.93. The van der Waals surface area contributed by atoms with Crippen LogP contribution in [0.15, 0.2) is 36.7 Å². The quantitative estimate of drug-likeness (QED) is 0.725. The zero-order chi connectivity index (χ0) is 17.1. The van der Waals surface area contributed by atoms with Crippen molar-refractivity contribution in [3.05, 3.63) is 42.4 Å². The van der Waals surface area contributed by atoms with E-state index in [1.165, 1.54) is 0 Å². The minimum atomic E-state index is 0.324. The van der Waals surface area contributed by atoms with Gasteiger partial charge in [0.1, 0.15) is 0 Å². The number of nitrogens with zero attached hydrogens (tertiary/aromatic N) is 4. The van der Waals surface area contributed by atoms with Gasteiger partial charge in [0.15, 0.2) is 0 Å². The van der Waals surface area contributed by atoms with E-state index in [-0.39, 0.29) is 0 Å². The normalized spacial score (nSPS) is 11.6. The first-order valence-electron chi connectivity index (χ1n) is 8.71. The van der Waals surface area contributed by atoms with Crippen molar-refractivity contribution >= 4 is 11.5 Å². The average Bonchev–Trinajstić information content (AvgIpc) is 3.00. The molecule has 0 unspecified atom stereocenters. The lowest BCUT2D eigenvalue weighted by Gasteiger charge is -2.15. The van der Waals surface area contributed by atoms with Crippen LogP contribution in [0.1, 0.15) is 52.1 Å². The fraction of sp³-hybridized carbons (Fsp3) is 0.421. The smallest absolute Gasteiger partial charge is 0.223 e. The molecular weight excluding hydrogens is 298 g/mol. The molecule has 3 rings (SSSR count). The highest BCUT2D eigenvalue weighted by molar-refractivity contribution is 5.81. The van der Waals surface area contributed by atoms with Crippen LogP contribution in [0.3, 0.4) is 0 Å². The third kappa shape index (κ3) is 3.11. The molecule has 0 aliphatic rings. The molecule has 24 heavy (non-hydrogen) atoms. The van der Waals surface area contributed by atoms with Gasteiger partial charge in [-0.15, -0.1) is 0 Å². The molecule has 0 radical (unpaired) electrons. The van der Waals surface area contributed by atoms with Crippen LogP contribution < -0.4 is 5.32 Å². The number of rotatable bonds is 6. The Morgan fingerprint density at radius 3 is 2.62 bits per heavy atom. The van der Waals surface area contributed by atoms with Crippen LogP contribution in [-0.4, -0.2) is 25.6 Å². The first-order valence-corrected chi connectivity index (χ1v) is 8.71. The molecule has 0 bridgehead atoms. The van der Waals surface area contributed by atoms with E-state index < -0.39 is 0 Å². The van der Waals surface area contributed by atoms with E-state index in [1.807, 2.05) is 35.1 Å². The monoisotopic (exact) mass is 323 g/mol. The van der Waals surface area contributed by atoms with Crippen LogP contribution in [0.25, 0.3) is 16.8 Å². The molecule has 0 aliphatic heterocycles. The van der Waals surface area contributed by atoms with Crippen molar-refractivity contribution in [1.29, 1.82) is 0 Å². The van der Waals surface area contributed by atoms with Gasteiger partial charge >= 0.3 is 0 Å². The standard InChI is InChI=1S/C19H25N5/c1-5-14(6-2)21-19-20-11-10-15(22-19)17-16-9-7-8-12-24(16)23-18(17)13(3)4/h7-14H,5-6H2,1-4H3,(H,20,21,22). The Morgan fingerprint density at radius 2 is 1.92 bits per heavy atom. The van der Waals surface area contributed by atoms with E-state index in [4.69, 9.17) is 10.1 Å². The number of nitrogens with one attached hydrogen (secondary N) is 1. The Hall–Kier alpha value is -2.43. The van der Waals surface area contributed by atoms with Crippen molar-refractivity contribution in [2.45, 2.75) is 52.5 Å². The molecule has 0 aromatic carbocycles. The number of aromatic nitrogens is 4. The molecule has 0 amide bonds. The second-order valence-electron chi connectivity index (χ2n) is 6.37. The van der Waals surface area contributed by atoms with Crippen LogP contribution in [-0.2, 0) is 0 Å². The van der Waals surface area contributed by atoms with Crippen molar-refractivity contribution in [2.75, 3.05) is 5.32 Å². The van der Waals surface area contributed by atoms with Gasteiger partial charge in [-0.05, 0) is 37.0 Å². The van der Waals surface area contributed by atoms with E-state index >= 15 is 0 Å². The van der Waals surface area contributed by atoms with Crippen molar-refractivity contribution < 1.29 is 0 Å². The van der Waals surface area contributed by atoms with Gasteiger partial charge in [0.25, 0.3) is 0 Å². The predicted molar refractivity (Wildman–Crippen MR) is 98.3 cm³/mol. The molecule has 5 heteroatoms. The molecule has 0 atom stereocenters. The molecule has 3 heterocycles. The maximum atomic E-state index is 4.77. The molecule has 3 aromatic rings. The summed E-state index contributed by atoms with van der Waals surface area (Å²) in [6, 6.07) is 8.48. The summed E-state index contributed by atoms with van der Waals surface area (Å²) < 4.78 is 1.93. The molecule has 0 saturated carbocycles. The summed E-state index contributed by atoms with van der Waals surface area (Å²) in [6.07, 6.45) is 5.91. The maximum absolute atomic E-state index is 4.77. The molecule has 0 aliphatic carbocycles. The first kappa shape index (κ1) is 16.4. The van der Waals surface area contributed by atoms with Crippen molar-refractivity contribution in [3.8, 4) is 11.3 Å². The van der Waals surface area contributed by atoms with Gasteiger partial charge in [-0.1, -0.05) is 33.8 Å². The fourth-order valence-corrected chi connectivity index (χ4v) is 2.93. The van der Waals surface area contributed by atoms with Crippen LogP contribution in [0.5, 0.6) is 0 Å². The molecule has 1 N–H and O–H groups in total. The summed E-state index contributed by atoms with van der Waals surface area (Å²) in [5.41, 5.74) is 4.16. The minimum Gasteiger partial charge on any atom is -0.351 e. The lowest BCUT2D eigenvalue weighted by molar-refractivity contribution is 0.664. The van der Waals surface area contributed by atoms with Crippen LogP contribution in [0.2, 0.25) is 0 Å². The van der Waals surface area contributed by atoms with E-state index in [9.17, 15) is 0 Å². The lowest BCUT2D eigenvalue weighted by Crippen LogP contribution is -2.18. The molecule has 0 spiro atoms. The van der Waals surface area contributed by atoms with Crippen LogP contribution in [0.4, 0.5) is 5.95 Å². The van der Waals surface area contributed by atoms with Crippen LogP contribution in [0, 0.1) is 0 Å². The van der Waals surface area contributed by atoms with Gasteiger partial charge in [0.05, 0.1) is 16.9 Å². The Bertz CT molecular complexity index is 817. The number of hydrogen-bond donors (Lipinski definition) is 1. The number of fused-ring (bicyclic) bond motifs is 1. The summed E-state index contributed by atoms with van der Waals surface area (Å²) in [6.45, 7) is 8.67. The summed E-state index contributed by atoms with van der Waals surface area (Å²) in [7, 11) is 0. The van der Waals surface area contributed by atoms with E-state index in [2.05, 4.69) is 44.1 Å². The first-order chi connectivity index (χ1) is 11.6. The van der Waals surface area contributed by atoms with E-state index in [0.29, 0.717) is 17.9 Å². The number of anilines is 1. The zero-order valence-electron chi connectivity index (χ0n) is 14.8. The van der Waals surface area contributed by atoms with Gasteiger partial charge in [-0.3, -0.25) is 0 Å². The predicted octanol–water partition coefficient (Wildman–Crippen LogP) is 4.52. The Morgan fingerprint density at radius 1 is 1.12 bits per heavy atom. The second kappa shape index (κ2) is 6.99. The summed E-state index contributed by atoms with van der Waals surface area (Å²) >= 11 is 0. The Kier molecular flexibility index (Phi) is 4.79. The van der Waals surface area contributed by atoms with Crippen LogP contribution >= 0.6 is 0 Å². The summed E-state index contributed by atoms with van der Waals surface area (Å²) in [5, 5.41) is 8.18.